The summed E-state index contributed by atoms with van der Waals surface area (Å²) < 4.78 is 27.8. The molecule has 0 amide bonds. The van der Waals surface area contributed by atoms with E-state index in [4.69, 9.17) is 9.88 Å². The molecular formula is C19H22N6O3S. The summed E-state index contributed by atoms with van der Waals surface area (Å²) in [7, 11) is -3.57. The number of hydrogen-bond acceptors (Lipinski definition) is 8. The molecule has 29 heavy (non-hydrogen) atoms. The van der Waals surface area contributed by atoms with E-state index in [9.17, 15) is 8.42 Å². The molecule has 0 saturated carbocycles. The van der Waals surface area contributed by atoms with Crippen LogP contribution in [0.5, 0.6) is 0 Å². The van der Waals surface area contributed by atoms with Crippen molar-refractivity contribution in [2.45, 2.75) is 0 Å². The average molecular weight is 414 g/mol. The molecule has 0 radical (unpaired) electrons. The van der Waals surface area contributed by atoms with E-state index in [1.165, 1.54) is 0 Å². The molecule has 10 heteroatoms. The van der Waals surface area contributed by atoms with E-state index in [2.05, 4.69) is 37.3 Å². The van der Waals surface area contributed by atoms with Gasteiger partial charge in [0.2, 0.25) is 10.0 Å². The normalized spacial score (nSPS) is 14.9. The molecular weight excluding hydrogens is 392 g/mol. The van der Waals surface area contributed by atoms with Crippen molar-refractivity contribution in [3.05, 3.63) is 42.7 Å². The Morgan fingerprint density at radius 1 is 1.10 bits per heavy atom. The van der Waals surface area contributed by atoms with Crippen molar-refractivity contribution in [1.82, 2.24) is 15.0 Å². The van der Waals surface area contributed by atoms with E-state index in [1.807, 2.05) is 18.2 Å². The molecule has 0 aliphatic carbocycles. The summed E-state index contributed by atoms with van der Waals surface area (Å²) in [4.78, 5) is 15.6. The Bertz CT molecular complexity index is 1100. The molecule has 4 rings (SSSR count). The SMILES string of the molecule is NS(=O)(=O)CCNc1nc(-c2ccc(N3CCOCC3)cc2)cc2nccnc12. The fourth-order valence-corrected chi connectivity index (χ4v) is 3.61. The zero-order valence-electron chi connectivity index (χ0n) is 15.8. The number of nitrogens with two attached hydrogens (primary N) is 1. The molecule has 3 heterocycles. The van der Waals surface area contributed by atoms with Crippen LogP contribution in [0.4, 0.5) is 11.5 Å². The molecule has 3 N–H and O–H groups in total. The van der Waals surface area contributed by atoms with Crippen molar-refractivity contribution in [2.75, 3.05) is 48.8 Å². The molecule has 152 valence electrons. The quantitative estimate of drug-likeness (QED) is 0.617. The number of nitrogens with zero attached hydrogens (tertiary/aromatic N) is 4. The Labute approximate surface area is 169 Å². The van der Waals surface area contributed by atoms with Crippen molar-refractivity contribution in [3.63, 3.8) is 0 Å². The number of aromatic nitrogens is 3. The van der Waals surface area contributed by atoms with Crippen LogP contribution in [0.15, 0.2) is 42.7 Å². The lowest BCUT2D eigenvalue weighted by atomic mass is 10.1. The van der Waals surface area contributed by atoms with Gasteiger partial charge in [0.1, 0.15) is 5.52 Å². The van der Waals surface area contributed by atoms with Gasteiger partial charge in [-0.05, 0) is 18.2 Å². The Kier molecular flexibility index (Phi) is 5.56. The van der Waals surface area contributed by atoms with Crippen LogP contribution in [0.25, 0.3) is 22.3 Å². The molecule has 0 unspecified atom stereocenters. The second-order valence-electron chi connectivity index (χ2n) is 6.72. The van der Waals surface area contributed by atoms with Gasteiger partial charge in [-0.3, -0.25) is 4.98 Å². The fraction of sp³-hybridized carbons (Fsp3) is 0.316. The van der Waals surface area contributed by atoms with Gasteiger partial charge in [0.05, 0.1) is 30.2 Å². The largest absolute Gasteiger partial charge is 0.378 e. The number of anilines is 2. The molecule has 1 fully saturated rings. The van der Waals surface area contributed by atoms with Crippen LogP contribution >= 0.6 is 0 Å². The van der Waals surface area contributed by atoms with E-state index >= 15 is 0 Å². The van der Waals surface area contributed by atoms with Gasteiger partial charge in [0.15, 0.2) is 5.82 Å². The Morgan fingerprint density at radius 3 is 2.55 bits per heavy atom. The number of pyridine rings is 1. The van der Waals surface area contributed by atoms with Crippen LogP contribution in [0.3, 0.4) is 0 Å². The number of primary sulfonamides is 1. The summed E-state index contributed by atoms with van der Waals surface area (Å²) >= 11 is 0. The minimum absolute atomic E-state index is 0.136. The van der Waals surface area contributed by atoms with Crippen LogP contribution in [-0.4, -0.2) is 62.0 Å². The zero-order chi connectivity index (χ0) is 20.3. The summed E-state index contributed by atoms with van der Waals surface area (Å²) in [5, 5.41) is 8.10. The van der Waals surface area contributed by atoms with Gasteiger partial charge in [0, 0.05) is 43.3 Å². The smallest absolute Gasteiger partial charge is 0.210 e. The number of fused-ring (bicyclic) bond motifs is 1. The highest BCUT2D eigenvalue weighted by atomic mass is 32.2. The highest BCUT2D eigenvalue weighted by Crippen LogP contribution is 2.27. The van der Waals surface area contributed by atoms with Gasteiger partial charge in [-0.1, -0.05) is 12.1 Å². The van der Waals surface area contributed by atoms with Crippen LogP contribution in [-0.2, 0) is 14.8 Å². The first-order chi connectivity index (χ1) is 14.0. The maximum Gasteiger partial charge on any atom is 0.210 e. The third-order valence-electron chi connectivity index (χ3n) is 4.67. The van der Waals surface area contributed by atoms with Gasteiger partial charge >= 0.3 is 0 Å². The minimum atomic E-state index is -3.57. The molecule has 1 aliphatic heterocycles. The molecule has 9 nitrogen and oxygen atoms in total. The molecule has 0 atom stereocenters. The number of nitrogens with one attached hydrogen (secondary N) is 1. The number of hydrogen-bond donors (Lipinski definition) is 2. The first kappa shape index (κ1) is 19.5. The topological polar surface area (TPSA) is 123 Å². The maximum atomic E-state index is 11.2. The van der Waals surface area contributed by atoms with Crippen molar-refractivity contribution < 1.29 is 13.2 Å². The standard InChI is InChI=1S/C19H22N6O3S/c20-29(26,27)12-7-23-19-18-17(21-5-6-22-18)13-16(24-19)14-1-3-15(4-2-14)25-8-10-28-11-9-25/h1-6,13H,7-12H2,(H,23,24)(H2,20,26,27). The van der Waals surface area contributed by atoms with Crippen LogP contribution < -0.4 is 15.4 Å². The lowest BCUT2D eigenvalue weighted by Crippen LogP contribution is -2.36. The molecule has 1 saturated heterocycles. The molecule has 0 spiro atoms. The zero-order valence-corrected chi connectivity index (χ0v) is 16.6. The van der Waals surface area contributed by atoms with E-state index in [-0.39, 0.29) is 12.3 Å². The van der Waals surface area contributed by atoms with E-state index in [0.29, 0.717) is 16.9 Å². The maximum absolute atomic E-state index is 11.2. The number of rotatable bonds is 6. The average Bonchev–Trinajstić information content (AvgIpc) is 2.73. The van der Waals surface area contributed by atoms with Gasteiger partial charge in [-0.15, -0.1) is 0 Å². The van der Waals surface area contributed by atoms with Crippen LogP contribution in [0, 0.1) is 0 Å². The minimum Gasteiger partial charge on any atom is -0.378 e. The first-order valence-electron chi connectivity index (χ1n) is 9.29. The summed E-state index contributed by atoms with van der Waals surface area (Å²) in [6.45, 7) is 3.36. The lowest BCUT2D eigenvalue weighted by Gasteiger charge is -2.28. The monoisotopic (exact) mass is 414 g/mol. The third-order valence-corrected chi connectivity index (χ3v) is 5.45. The fourth-order valence-electron chi connectivity index (χ4n) is 3.22. The highest BCUT2D eigenvalue weighted by Gasteiger charge is 2.13. The molecule has 1 aromatic carbocycles. The van der Waals surface area contributed by atoms with Crippen LogP contribution in [0.2, 0.25) is 0 Å². The van der Waals surface area contributed by atoms with Gasteiger partial charge < -0.3 is 15.0 Å². The third kappa shape index (κ3) is 4.78. The lowest BCUT2D eigenvalue weighted by molar-refractivity contribution is 0.122. The molecule has 2 aromatic heterocycles. The predicted molar refractivity (Wildman–Crippen MR) is 112 cm³/mol. The summed E-state index contributed by atoms with van der Waals surface area (Å²) in [5.74, 6) is 0.279. The van der Waals surface area contributed by atoms with Crippen LogP contribution in [0.1, 0.15) is 0 Å². The van der Waals surface area contributed by atoms with Crippen molar-refractivity contribution in [1.29, 1.82) is 0 Å². The second-order valence-corrected chi connectivity index (χ2v) is 8.45. The number of ether oxygens (including phenoxy) is 1. The summed E-state index contributed by atoms with van der Waals surface area (Å²) in [5.41, 5.74) is 4.06. The van der Waals surface area contributed by atoms with Crippen molar-refractivity contribution in [3.8, 4) is 11.3 Å². The van der Waals surface area contributed by atoms with E-state index < -0.39 is 10.0 Å². The summed E-state index contributed by atoms with van der Waals surface area (Å²) in [6.07, 6.45) is 3.19. The first-order valence-corrected chi connectivity index (χ1v) is 11.0. The Balaban J connectivity index is 1.63. The summed E-state index contributed by atoms with van der Waals surface area (Å²) in [6, 6.07) is 10.0. The number of morpholine rings is 1. The van der Waals surface area contributed by atoms with Crippen molar-refractivity contribution >= 4 is 32.6 Å². The Hall–Kier alpha value is -2.82. The Morgan fingerprint density at radius 2 is 1.83 bits per heavy atom. The highest BCUT2D eigenvalue weighted by molar-refractivity contribution is 7.89. The van der Waals surface area contributed by atoms with E-state index in [1.54, 1.807) is 12.4 Å². The predicted octanol–water partition coefficient (Wildman–Crippen LogP) is 1.23. The molecule has 1 aliphatic rings. The van der Waals surface area contributed by atoms with Crippen molar-refractivity contribution in [2.24, 2.45) is 5.14 Å². The van der Waals surface area contributed by atoms with Gasteiger partial charge in [0.25, 0.3) is 0 Å². The number of benzene rings is 1. The second kappa shape index (κ2) is 8.27. The molecule has 3 aromatic rings. The van der Waals surface area contributed by atoms with Gasteiger partial charge in [-0.25, -0.2) is 23.5 Å². The number of sulfonamides is 1. The van der Waals surface area contributed by atoms with E-state index in [0.717, 1.165) is 43.2 Å². The molecule has 0 bridgehead atoms. The van der Waals surface area contributed by atoms with Gasteiger partial charge in [-0.2, -0.15) is 0 Å².